The first-order valence-corrected chi connectivity index (χ1v) is 6.45. The summed E-state index contributed by atoms with van der Waals surface area (Å²) in [4.78, 5) is 18.7. The molecule has 0 radical (unpaired) electrons. The Morgan fingerprint density at radius 3 is 2.67 bits per heavy atom. The van der Waals surface area contributed by atoms with Crippen molar-refractivity contribution in [1.82, 2.24) is 9.97 Å². The Labute approximate surface area is 126 Å². The molecule has 0 saturated carbocycles. The first-order chi connectivity index (χ1) is 9.92. The van der Waals surface area contributed by atoms with Gasteiger partial charge >= 0.3 is 0 Å². The van der Waals surface area contributed by atoms with Crippen LogP contribution in [0.1, 0.15) is 11.4 Å². The third-order valence-electron chi connectivity index (χ3n) is 2.78. The molecule has 0 spiro atoms. The molecule has 21 heavy (non-hydrogen) atoms. The van der Waals surface area contributed by atoms with E-state index in [1.54, 1.807) is 20.9 Å². The third-order valence-corrected chi connectivity index (χ3v) is 3.09. The number of nitrogens with zero attached hydrogens (tertiary/aromatic N) is 3. The molecule has 1 N–H and O–H groups in total. The maximum atomic E-state index is 10.8. The van der Waals surface area contributed by atoms with Gasteiger partial charge in [-0.2, -0.15) is 4.98 Å². The van der Waals surface area contributed by atoms with E-state index < -0.39 is 4.92 Å². The monoisotopic (exact) mass is 308 g/mol. The summed E-state index contributed by atoms with van der Waals surface area (Å²) in [6, 6.07) is 3.99. The van der Waals surface area contributed by atoms with Gasteiger partial charge in [0.05, 0.1) is 21.6 Å². The van der Waals surface area contributed by atoms with Crippen molar-refractivity contribution < 1.29 is 9.66 Å². The molecule has 0 unspecified atom stereocenters. The van der Waals surface area contributed by atoms with Gasteiger partial charge < -0.3 is 10.1 Å². The van der Waals surface area contributed by atoms with Gasteiger partial charge in [0.25, 0.3) is 5.69 Å². The van der Waals surface area contributed by atoms with Crippen LogP contribution < -0.4 is 10.1 Å². The van der Waals surface area contributed by atoms with E-state index >= 15 is 0 Å². The summed E-state index contributed by atoms with van der Waals surface area (Å²) in [5, 5.41) is 14.0. The highest BCUT2D eigenvalue weighted by Gasteiger charge is 2.15. The van der Waals surface area contributed by atoms with Crippen LogP contribution in [0.5, 0.6) is 11.6 Å². The largest absolute Gasteiger partial charge is 0.437 e. The summed E-state index contributed by atoms with van der Waals surface area (Å²) >= 11 is 6.01. The van der Waals surface area contributed by atoms with Crippen molar-refractivity contribution in [3.8, 4) is 11.6 Å². The molecule has 0 fully saturated rings. The number of anilines is 1. The number of rotatable bonds is 4. The summed E-state index contributed by atoms with van der Waals surface area (Å²) in [5.74, 6) is 1.61. The minimum Gasteiger partial charge on any atom is -0.437 e. The fourth-order valence-electron chi connectivity index (χ4n) is 1.73. The quantitative estimate of drug-likeness (QED) is 0.687. The summed E-state index contributed by atoms with van der Waals surface area (Å²) in [7, 11) is 1.74. The Morgan fingerprint density at radius 2 is 2.05 bits per heavy atom. The molecule has 1 aromatic carbocycles. The first kappa shape index (κ1) is 15.0. The minimum atomic E-state index is -0.514. The van der Waals surface area contributed by atoms with E-state index in [4.69, 9.17) is 16.3 Å². The summed E-state index contributed by atoms with van der Waals surface area (Å²) in [6.45, 7) is 3.51. The van der Waals surface area contributed by atoms with E-state index in [0.717, 1.165) is 0 Å². The van der Waals surface area contributed by atoms with Gasteiger partial charge in [0, 0.05) is 13.1 Å². The van der Waals surface area contributed by atoms with Gasteiger partial charge in [0.15, 0.2) is 5.75 Å². The van der Waals surface area contributed by atoms with Crippen LogP contribution in [0, 0.1) is 24.0 Å². The molecule has 2 aromatic rings. The molecular weight excluding hydrogens is 296 g/mol. The molecule has 110 valence electrons. The molecule has 1 heterocycles. The second-order valence-corrected chi connectivity index (χ2v) is 4.68. The molecule has 0 aliphatic heterocycles. The standard InChI is InChI=1S/C13H13ClN4O3/c1-7-12(15-3)16-8(2)17-13(7)21-11-6-9(18(19)20)4-5-10(11)14/h4-6H,1-3H3,(H,15,16,17). The van der Waals surface area contributed by atoms with Crippen molar-refractivity contribution in [3.05, 3.63) is 44.7 Å². The highest BCUT2D eigenvalue weighted by Crippen LogP contribution is 2.34. The van der Waals surface area contributed by atoms with Gasteiger partial charge in [0.2, 0.25) is 5.88 Å². The van der Waals surface area contributed by atoms with Gasteiger partial charge in [-0.15, -0.1) is 0 Å². The number of non-ortho nitro benzene ring substituents is 1. The van der Waals surface area contributed by atoms with Crippen LogP contribution in [-0.2, 0) is 0 Å². The molecular formula is C13H13ClN4O3. The van der Waals surface area contributed by atoms with Gasteiger partial charge in [-0.3, -0.25) is 10.1 Å². The third kappa shape index (κ3) is 3.19. The second kappa shape index (κ2) is 5.92. The van der Waals surface area contributed by atoms with E-state index in [9.17, 15) is 10.1 Å². The van der Waals surface area contributed by atoms with E-state index in [1.165, 1.54) is 18.2 Å². The number of aromatic nitrogens is 2. The highest BCUT2D eigenvalue weighted by atomic mass is 35.5. The molecule has 0 atom stereocenters. The molecule has 8 heteroatoms. The SMILES string of the molecule is CNc1nc(C)nc(Oc2cc([N+](=O)[O-])ccc2Cl)c1C. The Bertz CT molecular complexity index is 706. The predicted octanol–water partition coefficient (Wildman–Crippen LogP) is 3.49. The number of hydrogen-bond donors (Lipinski definition) is 1. The number of nitrogens with one attached hydrogen (secondary N) is 1. The Kier molecular flexibility index (Phi) is 4.23. The number of halogens is 1. The van der Waals surface area contributed by atoms with Crippen LogP contribution in [0.2, 0.25) is 5.02 Å². The fourth-order valence-corrected chi connectivity index (χ4v) is 1.89. The Balaban J connectivity index is 2.45. The molecule has 2 rings (SSSR count). The van der Waals surface area contributed by atoms with Crippen molar-refractivity contribution in [2.24, 2.45) is 0 Å². The van der Waals surface area contributed by atoms with Crippen LogP contribution in [0.3, 0.4) is 0 Å². The lowest BCUT2D eigenvalue weighted by Crippen LogP contribution is -2.03. The number of nitro benzene ring substituents is 1. The molecule has 7 nitrogen and oxygen atoms in total. The number of nitro groups is 1. The zero-order chi connectivity index (χ0) is 15.6. The van der Waals surface area contributed by atoms with Crippen LogP contribution in [-0.4, -0.2) is 21.9 Å². The molecule has 0 saturated heterocycles. The topological polar surface area (TPSA) is 90.2 Å². The zero-order valence-electron chi connectivity index (χ0n) is 11.7. The minimum absolute atomic E-state index is 0.105. The van der Waals surface area contributed by atoms with Crippen LogP contribution in [0.15, 0.2) is 18.2 Å². The van der Waals surface area contributed by atoms with Crippen molar-refractivity contribution in [3.63, 3.8) is 0 Å². The zero-order valence-corrected chi connectivity index (χ0v) is 12.4. The van der Waals surface area contributed by atoms with E-state index in [1.807, 2.05) is 0 Å². The normalized spacial score (nSPS) is 10.3. The van der Waals surface area contributed by atoms with Crippen LogP contribution in [0.4, 0.5) is 11.5 Å². The number of ether oxygens (including phenoxy) is 1. The van der Waals surface area contributed by atoms with Crippen molar-refractivity contribution >= 4 is 23.1 Å². The van der Waals surface area contributed by atoms with Crippen molar-refractivity contribution in [2.75, 3.05) is 12.4 Å². The highest BCUT2D eigenvalue weighted by molar-refractivity contribution is 6.32. The summed E-state index contributed by atoms with van der Waals surface area (Å²) in [5.41, 5.74) is 0.581. The van der Waals surface area contributed by atoms with E-state index in [2.05, 4.69) is 15.3 Å². The Hall–Kier alpha value is -2.41. The Morgan fingerprint density at radius 1 is 1.33 bits per heavy atom. The first-order valence-electron chi connectivity index (χ1n) is 6.07. The summed E-state index contributed by atoms with van der Waals surface area (Å²) in [6.07, 6.45) is 0. The second-order valence-electron chi connectivity index (χ2n) is 4.27. The number of aryl methyl sites for hydroxylation is 1. The van der Waals surface area contributed by atoms with Gasteiger partial charge in [-0.1, -0.05) is 11.6 Å². The van der Waals surface area contributed by atoms with Crippen LogP contribution >= 0.6 is 11.6 Å². The van der Waals surface area contributed by atoms with Gasteiger partial charge in [0.1, 0.15) is 11.6 Å². The molecule has 0 aliphatic carbocycles. The van der Waals surface area contributed by atoms with E-state index in [-0.39, 0.29) is 16.5 Å². The smallest absolute Gasteiger partial charge is 0.273 e. The summed E-state index contributed by atoms with van der Waals surface area (Å²) < 4.78 is 5.63. The average molecular weight is 309 g/mol. The number of benzene rings is 1. The van der Waals surface area contributed by atoms with Gasteiger partial charge in [-0.05, 0) is 19.9 Å². The maximum Gasteiger partial charge on any atom is 0.273 e. The molecule has 1 aromatic heterocycles. The number of hydrogen-bond acceptors (Lipinski definition) is 6. The lowest BCUT2D eigenvalue weighted by molar-refractivity contribution is -0.384. The predicted molar refractivity (Wildman–Crippen MR) is 79.2 cm³/mol. The average Bonchev–Trinajstić information content (AvgIpc) is 2.44. The van der Waals surface area contributed by atoms with E-state index in [0.29, 0.717) is 23.1 Å². The lowest BCUT2D eigenvalue weighted by atomic mass is 10.3. The maximum absolute atomic E-state index is 10.8. The van der Waals surface area contributed by atoms with Gasteiger partial charge in [-0.25, -0.2) is 4.98 Å². The fraction of sp³-hybridized carbons (Fsp3) is 0.231. The molecule has 0 aliphatic rings. The van der Waals surface area contributed by atoms with Crippen LogP contribution in [0.25, 0.3) is 0 Å². The van der Waals surface area contributed by atoms with Crippen molar-refractivity contribution in [1.29, 1.82) is 0 Å². The lowest BCUT2D eigenvalue weighted by Gasteiger charge is -2.12. The van der Waals surface area contributed by atoms with Crippen molar-refractivity contribution in [2.45, 2.75) is 13.8 Å². The molecule has 0 amide bonds. The molecule has 0 bridgehead atoms.